The molecule has 1 unspecified atom stereocenters. The highest BCUT2D eigenvalue weighted by atomic mass is 16.4. The van der Waals surface area contributed by atoms with Crippen molar-refractivity contribution in [3.05, 3.63) is 0 Å². The van der Waals surface area contributed by atoms with E-state index in [-0.39, 0.29) is 84.8 Å². The van der Waals surface area contributed by atoms with E-state index in [0.29, 0.717) is 0 Å². The van der Waals surface area contributed by atoms with Crippen LogP contribution in [0.15, 0.2) is 0 Å². The summed E-state index contributed by atoms with van der Waals surface area (Å²) in [6.45, 7) is 1.04. The van der Waals surface area contributed by atoms with E-state index < -0.39 is 35.8 Å². The number of hydrogen-bond acceptors (Lipinski definition) is 11. The lowest BCUT2D eigenvalue weighted by Gasteiger charge is -2.36. The van der Waals surface area contributed by atoms with Crippen LogP contribution in [0.3, 0.4) is 0 Å². The Labute approximate surface area is 202 Å². The fourth-order valence-corrected chi connectivity index (χ4v) is 3.83. The van der Waals surface area contributed by atoms with Gasteiger partial charge in [0.25, 0.3) is 5.91 Å². The Bertz CT molecular complexity index is 708. The molecule has 35 heavy (non-hydrogen) atoms. The lowest BCUT2D eigenvalue weighted by Crippen LogP contribution is -2.54. The van der Waals surface area contributed by atoms with E-state index in [0.717, 1.165) is 0 Å². The molecule has 0 aliphatic carbocycles. The van der Waals surface area contributed by atoms with Gasteiger partial charge in [-0.05, 0) is 6.42 Å². The van der Waals surface area contributed by atoms with Crippen LogP contribution in [0.4, 0.5) is 0 Å². The summed E-state index contributed by atoms with van der Waals surface area (Å²) < 4.78 is 0. The van der Waals surface area contributed by atoms with Gasteiger partial charge in [0.2, 0.25) is 5.91 Å². The van der Waals surface area contributed by atoms with Crippen molar-refractivity contribution in [1.29, 1.82) is 0 Å². The van der Waals surface area contributed by atoms with Crippen molar-refractivity contribution in [1.82, 2.24) is 30.5 Å². The van der Waals surface area contributed by atoms with E-state index in [2.05, 4.69) is 5.43 Å². The van der Waals surface area contributed by atoms with Crippen LogP contribution in [-0.4, -0.2) is 143 Å². The zero-order valence-corrected chi connectivity index (χ0v) is 19.6. The molecule has 0 aromatic rings. The monoisotopic (exact) mass is 504 g/mol. The fourth-order valence-electron chi connectivity index (χ4n) is 3.83. The van der Waals surface area contributed by atoms with E-state index in [4.69, 9.17) is 11.7 Å². The van der Waals surface area contributed by atoms with Crippen molar-refractivity contribution in [2.24, 2.45) is 11.7 Å². The molecule has 1 aliphatic rings. The third-order valence-corrected chi connectivity index (χ3v) is 5.64. The molecule has 200 valence electrons. The lowest BCUT2D eigenvalue weighted by molar-refractivity contribution is -0.140. The number of rotatable bonds is 11. The van der Waals surface area contributed by atoms with Gasteiger partial charge in [-0.3, -0.25) is 54.4 Å². The Hall–Kier alpha value is -2.89. The van der Waals surface area contributed by atoms with Crippen LogP contribution >= 0.6 is 0 Å². The molecule has 1 heterocycles. The largest absolute Gasteiger partial charge is 0.480 e. The van der Waals surface area contributed by atoms with E-state index in [9.17, 15) is 39.3 Å². The molecule has 0 bridgehead atoms. The normalized spacial score (nSPS) is 18.6. The first-order valence-corrected chi connectivity index (χ1v) is 11.1. The number of amides is 2. The smallest absolute Gasteiger partial charge is 0.317 e. The molecule has 16 heteroatoms. The van der Waals surface area contributed by atoms with Gasteiger partial charge in [-0.1, -0.05) is 0 Å². The zero-order valence-electron chi connectivity index (χ0n) is 19.6. The Morgan fingerprint density at radius 2 is 1.03 bits per heavy atom. The molecule has 1 fully saturated rings. The van der Waals surface area contributed by atoms with Gasteiger partial charge in [-0.2, -0.15) is 0 Å². The van der Waals surface area contributed by atoms with Crippen LogP contribution in [0.1, 0.15) is 12.8 Å². The highest BCUT2D eigenvalue weighted by molar-refractivity contribution is 5.82. The molecule has 1 saturated heterocycles. The summed E-state index contributed by atoms with van der Waals surface area (Å²) in [4.78, 5) is 64.8. The maximum absolute atomic E-state index is 12.5. The van der Waals surface area contributed by atoms with Crippen molar-refractivity contribution in [2.75, 3.05) is 72.0 Å². The number of aliphatic carboxylic acids is 3. The van der Waals surface area contributed by atoms with Gasteiger partial charge >= 0.3 is 17.9 Å². The first kappa shape index (κ1) is 30.1. The van der Waals surface area contributed by atoms with Crippen molar-refractivity contribution >= 4 is 29.7 Å². The van der Waals surface area contributed by atoms with Crippen molar-refractivity contribution < 1.29 is 39.3 Å². The topological polar surface area (TPSA) is 235 Å². The average Bonchev–Trinajstić information content (AvgIpc) is 2.78. The fraction of sp³-hybridized carbons (Fsp3) is 0.737. The number of carbonyl (C=O) groups is 5. The van der Waals surface area contributed by atoms with Crippen LogP contribution in [0.5, 0.6) is 0 Å². The first-order valence-electron chi connectivity index (χ1n) is 11.1. The average molecular weight is 505 g/mol. The van der Waals surface area contributed by atoms with Crippen molar-refractivity contribution in [2.45, 2.75) is 18.9 Å². The van der Waals surface area contributed by atoms with Crippen LogP contribution in [0.25, 0.3) is 0 Å². The van der Waals surface area contributed by atoms with Gasteiger partial charge in [0.1, 0.15) is 0 Å². The molecule has 1 atom stereocenters. The van der Waals surface area contributed by atoms with Crippen molar-refractivity contribution in [3.63, 3.8) is 0 Å². The quantitative estimate of drug-likeness (QED) is 0.0799. The Morgan fingerprint density at radius 3 is 1.34 bits per heavy atom. The number of nitrogens with two attached hydrogens (primary N) is 2. The van der Waals surface area contributed by atoms with E-state index >= 15 is 0 Å². The van der Waals surface area contributed by atoms with Gasteiger partial charge in [0.15, 0.2) is 0 Å². The number of nitrogens with zero attached hydrogens (tertiary/aromatic N) is 4. The van der Waals surface area contributed by atoms with E-state index in [1.165, 1.54) is 0 Å². The number of carbonyl (C=O) groups excluding carboxylic acids is 2. The highest BCUT2D eigenvalue weighted by Crippen LogP contribution is 2.10. The lowest BCUT2D eigenvalue weighted by atomic mass is 10.1. The van der Waals surface area contributed by atoms with Crippen LogP contribution in [-0.2, 0) is 24.0 Å². The summed E-state index contributed by atoms with van der Waals surface area (Å²) in [5.74, 6) is 6.28. The molecule has 0 aromatic heterocycles. The summed E-state index contributed by atoms with van der Waals surface area (Å²) in [6, 6.07) is -0.845. The number of hydrazine groups is 2. The second-order valence-electron chi connectivity index (χ2n) is 8.18. The second kappa shape index (κ2) is 15.9. The predicted octanol–water partition coefficient (Wildman–Crippen LogP) is -4.41. The first-order chi connectivity index (χ1) is 16.5. The molecular weight excluding hydrogens is 468 g/mol. The summed E-state index contributed by atoms with van der Waals surface area (Å²) in [5.41, 5.74) is 4.08. The molecule has 1 rings (SSSR count). The molecule has 16 nitrogen and oxygen atoms in total. The Balaban J connectivity index is 3.16. The molecule has 1 aliphatic heterocycles. The summed E-state index contributed by atoms with van der Waals surface area (Å²) in [5, 5.41) is 27.8. The Kier molecular flexibility index (Phi) is 13.7. The third kappa shape index (κ3) is 12.4. The van der Waals surface area contributed by atoms with Crippen LogP contribution in [0, 0.1) is 0 Å². The SMILES string of the molecule is NNC(=O)CCC(C(=O)NN)N1CCN(CC(=O)O)CCN(CC(=O)O)CCN(CC(=O)O)CC1. The van der Waals surface area contributed by atoms with Gasteiger partial charge in [0, 0.05) is 58.8 Å². The Morgan fingerprint density at radius 1 is 0.657 bits per heavy atom. The van der Waals surface area contributed by atoms with E-state index in [1.807, 2.05) is 5.43 Å². The second-order valence-corrected chi connectivity index (χ2v) is 8.18. The summed E-state index contributed by atoms with van der Waals surface area (Å²) in [6.07, 6.45) is 0.0171. The molecule has 2 amide bonds. The minimum atomic E-state index is -1.06. The summed E-state index contributed by atoms with van der Waals surface area (Å²) >= 11 is 0. The molecule has 9 N–H and O–H groups in total. The predicted molar refractivity (Wildman–Crippen MR) is 121 cm³/mol. The van der Waals surface area contributed by atoms with Crippen LogP contribution in [0.2, 0.25) is 0 Å². The van der Waals surface area contributed by atoms with E-state index in [1.54, 1.807) is 19.6 Å². The van der Waals surface area contributed by atoms with Crippen LogP contribution < -0.4 is 22.5 Å². The number of hydrogen-bond donors (Lipinski definition) is 7. The maximum Gasteiger partial charge on any atom is 0.317 e. The third-order valence-electron chi connectivity index (χ3n) is 5.64. The van der Waals surface area contributed by atoms with Gasteiger partial charge in [0.05, 0.1) is 25.7 Å². The number of nitrogens with one attached hydrogen (secondary N) is 2. The maximum atomic E-state index is 12.5. The van der Waals surface area contributed by atoms with Gasteiger partial charge in [-0.25, -0.2) is 11.7 Å². The number of carboxylic acids is 3. The molecule has 0 saturated carbocycles. The highest BCUT2D eigenvalue weighted by Gasteiger charge is 2.28. The molecule has 0 radical (unpaired) electrons. The molecule has 0 spiro atoms. The molecule has 0 aromatic carbocycles. The van der Waals surface area contributed by atoms with Gasteiger partial charge in [-0.15, -0.1) is 0 Å². The standard InChI is InChI=1S/C19H36N8O8/c20-22-15(28)2-1-14(19(35)23-21)27-9-7-25(12-17(31)32)5-3-24(11-16(29)30)4-6-26(8-10-27)13-18(33)34/h14H,1-13,20-21H2,(H,22,28)(H,23,35)(H,29,30)(H,31,32)(H,33,34). The van der Waals surface area contributed by atoms with Gasteiger partial charge < -0.3 is 15.3 Å². The zero-order chi connectivity index (χ0) is 26.4. The summed E-state index contributed by atoms with van der Waals surface area (Å²) in [7, 11) is 0. The minimum Gasteiger partial charge on any atom is -0.480 e. The number of carboxylic acid groups (broad SMARTS) is 3. The van der Waals surface area contributed by atoms with Crippen molar-refractivity contribution in [3.8, 4) is 0 Å². The minimum absolute atomic E-state index is 0.0626. The molecular formula is C19H36N8O8.